The van der Waals surface area contributed by atoms with Crippen LogP contribution in [-0.4, -0.2) is 28.8 Å². The molecular weight excluding hydrogens is 380 g/mol. The molecule has 0 saturated heterocycles. The lowest BCUT2D eigenvalue weighted by molar-refractivity contribution is -0.136. The number of rotatable bonds is 6. The topological polar surface area (TPSA) is 88.5 Å². The van der Waals surface area contributed by atoms with Crippen molar-refractivity contribution < 1.29 is 19.4 Å². The van der Waals surface area contributed by atoms with Crippen molar-refractivity contribution in [3.63, 3.8) is 0 Å². The zero-order valence-electron chi connectivity index (χ0n) is 16.6. The lowest BCUT2D eigenvalue weighted by Gasteiger charge is -2.16. The number of aromatic nitrogens is 1. The van der Waals surface area contributed by atoms with Gasteiger partial charge in [0.2, 0.25) is 0 Å². The van der Waals surface area contributed by atoms with Crippen LogP contribution < -0.4 is 5.32 Å². The van der Waals surface area contributed by atoms with Gasteiger partial charge in [0.15, 0.2) is 0 Å². The van der Waals surface area contributed by atoms with Crippen LogP contribution in [0.3, 0.4) is 0 Å². The molecular formula is C24H22N2O4. The summed E-state index contributed by atoms with van der Waals surface area (Å²) in [5.41, 5.74) is 6.19. The fourth-order valence-corrected chi connectivity index (χ4v) is 3.98. The minimum atomic E-state index is -0.898. The number of anilines is 1. The van der Waals surface area contributed by atoms with Crippen LogP contribution >= 0.6 is 0 Å². The van der Waals surface area contributed by atoms with Gasteiger partial charge in [0, 0.05) is 18.5 Å². The summed E-state index contributed by atoms with van der Waals surface area (Å²) < 4.78 is 5.56. The Morgan fingerprint density at radius 3 is 2.30 bits per heavy atom. The minimum Gasteiger partial charge on any atom is -0.481 e. The van der Waals surface area contributed by atoms with Gasteiger partial charge in [-0.15, -0.1) is 0 Å². The Morgan fingerprint density at radius 2 is 1.67 bits per heavy atom. The number of nitrogens with zero attached hydrogens (tertiary/aromatic N) is 1. The molecule has 6 heteroatoms. The van der Waals surface area contributed by atoms with Crippen molar-refractivity contribution in [3.8, 4) is 11.1 Å². The van der Waals surface area contributed by atoms with Crippen molar-refractivity contribution in [1.29, 1.82) is 0 Å². The first kappa shape index (κ1) is 19.6. The number of fused-ring (bicyclic) bond motifs is 3. The average molecular weight is 402 g/mol. The number of ether oxygens (including phenoxy) is 1. The highest BCUT2D eigenvalue weighted by Crippen LogP contribution is 2.44. The Balaban J connectivity index is 1.48. The van der Waals surface area contributed by atoms with E-state index in [9.17, 15) is 9.59 Å². The first-order valence-electron chi connectivity index (χ1n) is 9.83. The molecule has 0 radical (unpaired) electrons. The van der Waals surface area contributed by atoms with Gasteiger partial charge in [0.1, 0.15) is 12.4 Å². The Labute approximate surface area is 174 Å². The van der Waals surface area contributed by atoms with E-state index >= 15 is 0 Å². The summed E-state index contributed by atoms with van der Waals surface area (Å²) in [6.07, 6.45) is 1.23. The Kier molecular flexibility index (Phi) is 5.48. The predicted molar refractivity (Wildman–Crippen MR) is 114 cm³/mol. The van der Waals surface area contributed by atoms with E-state index in [1.54, 1.807) is 12.3 Å². The quantitative estimate of drug-likeness (QED) is 0.620. The number of pyridine rings is 1. The third-order valence-corrected chi connectivity index (χ3v) is 5.44. The van der Waals surface area contributed by atoms with Crippen molar-refractivity contribution in [3.05, 3.63) is 83.0 Å². The number of carbonyl (C=O) groups excluding carboxylic acids is 1. The van der Waals surface area contributed by atoms with E-state index in [2.05, 4.69) is 34.6 Å². The van der Waals surface area contributed by atoms with E-state index in [1.165, 1.54) is 11.1 Å². The molecule has 30 heavy (non-hydrogen) atoms. The number of aryl methyl sites for hydroxylation is 1. The Bertz CT molecular complexity index is 1060. The van der Waals surface area contributed by atoms with Crippen LogP contribution in [0.1, 0.15) is 34.6 Å². The Hall–Kier alpha value is -3.67. The van der Waals surface area contributed by atoms with E-state index in [4.69, 9.17) is 9.84 Å². The van der Waals surface area contributed by atoms with Crippen LogP contribution in [0.15, 0.2) is 60.8 Å². The number of carbonyl (C=O) groups is 2. The summed E-state index contributed by atoms with van der Waals surface area (Å²) in [4.78, 5) is 27.6. The van der Waals surface area contributed by atoms with Gasteiger partial charge in [0.05, 0.1) is 0 Å². The fraction of sp³-hybridized carbons (Fsp3) is 0.208. The van der Waals surface area contributed by atoms with Gasteiger partial charge in [-0.25, -0.2) is 9.78 Å². The van der Waals surface area contributed by atoms with Crippen LogP contribution in [-0.2, 0) is 16.0 Å². The summed E-state index contributed by atoms with van der Waals surface area (Å²) in [5, 5.41) is 11.7. The largest absolute Gasteiger partial charge is 0.481 e. The highest BCUT2D eigenvalue weighted by Gasteiger charge is 2.29. The average Bonchev–Trinajstić information content (AvgIpc) is 3.05. The van der Waals surface area contributed by atoms with E-state index < -0.39 is 12.1 Å². The number of carboxylic acids is 1. The highest BCUT2D eigenvalue weighted by molar-refractivity contribution is 5.85. The number of aliphatic carboxylic acids is 1. The number of nitrogens with one attached hydrogen (secondary N) is 1. The number of amides is 1. The number of hydrogen-bond donors (Lipinski definition) is 2. The van der Waals surface area contributed by atoms with Gasteiger partial charge in [-0.05, 0) is 52.8 Å². The lowest BCUT2D eigenvalue weighted by Crippen LogP contribution is -2.19. The number of carboxylic acid groups (broad SMARTS) is 1. The van der Waals surface area contributed by atoms with Crippen molar-refractivity contribution in [2.45, 2.75) is 25.7 Å². The van der Waals surface area contributed by atoms with Gasteiger partial charge in [-0.2, -0.15) is 0 Å². The molecule has 0 bridgehead atoms. The van der Waals surface area contributed by atoms with Gasteiger partial charge in [-0.1, -0.05) is 48.5 Å². The molecule has 3 aromatic rings. The molecule has 1 aliphatic carbocycles. The van der Waals surface area contributed by atoms with Crippen molar-refractivity contribution in [2.75, 3.05) is 11.9 Å². The molecule has 1 heterocycles. The van der Waals surface area contributed by atoms with Crippen molar-refractivity contribution >= 4 is 17.9 Å². The highest BCUT2D eigenvalue weighted by atomic mass is 16.5. The monoisotopic (exact) mass is 402 g/mol. The summed E-state index contributed by atoms with van der Waals surface area (Å²) in [6.45, 7) is 2.07. The second kappa shape index (κ2) is 8.37. The second-order valence-electron chi connectivity index (χ2n) is 7.30. The molecule has 0 fully saturated rings. The standard InChI is InChI=1S/C24H22N2O4/c1-15-12-13-25-23(16(15)10-11-22(27)28)26-24(29)30-14-21-19-8-4-2-6-17(19)18-7-3-5-9-20(18)21/h2-9,12-13,21H,10-11,14H2,1H3,(H,27,28)(H,25,26,29). The molecule has 1 aromatic heterocycles. The Morgan fingerprint density at radius 1 is 1.03 bits per heavy atom. The molecule has 0 atom stereocenters. The maximum atomic E-state index is 12.5. The zero-order chi connectivity index (χ0) is 21.1. The molecule has 0 unspecified atom stereocenters. The maximum Gasteiger partial charge on any atom is 0.412 e. The van der Waals surface area contributed by atoms with E-state index in [0.717, 1.165) is 16.7 Å². The normalized spacial score (nSPS) is 12.2. The van der Waals surface area contributed by atoms with Gasteiger partial charge in [-0.3, -0.25) is 10.1 Å². The second-order valence-corrected chi connectivity index (χ2v) is 7.30. The van der Waals surface area contributed by atoms with Crippen LogP contribution in [0.5, 0.6) is 0 Å². The van der Waals surface area contributed by atoms with Crippen LogP contribution in [0.4, 0.5) is 10.6 Å². The summed E-state index contributed by atoms with van der Waals surface area (Å²) in [7, 11) is 0. The molecule has 1 aliphatic rings. The van der Waals surface area contributed by atoms with Crippen LogP contribution in [0.25, 0.3) is 11.1 Å². The zero-order valence-corrected chi connectivity index (χ0v) is 16.6. The van der Waals surface area contributed by atoms with Crippen molar-refractivity contribution in [1.82, 2.24) is 4.98 Å². The molecule has 2 N–H and O–H groups in total. The smallest absolute Gasteiger partial charge is 0.412 e. The van der Waals surface area contributed by atoms with Gasteiger partial charge in [0.25, 0.3) is 0 Å². The van der Waals surface area contributed by atoms with Crippen LogP contribution in [0, 0.1) is 6.92 Å². The van der Waals surface area contributed by atoms with Gasteiger partial charge < -0.3 is 9.84 Å². The fourth-order valence-electron chi connectivity index (χ4n) is 3.98. The van der Waals surface area contributed by atoms with E-state index in [-0.39, 0.29) is 25.4 Å². The SMILES string of the molecule is Cc1ccnc(NC(=O)OCC2c3ccccc3-c3ccccc32)c1CCC(=O)O. The molecule has 0 aliphatic heterocycles. The summed E-state index contributed by atoms with van der Waals surface area (Å²) in [6, 6.07) is 18.1. The van der Waals surface area contributed by atoms with Crippen LogP contribution in [0.2, 0.25) is 0 Å². The van der Waals surface area contributed by atoms with E-state index in [0.29, 0.717) is 11.4 Å². The van der Waals surface area contributed by atoms with Crippen molar-refractivity contribution in [2.24, 2.45) is 0 Å². The number of benzene rings is 2. The molecule has 6 nitrogen and oxygen atoms in total. The molecule has 0 saturated carbocycles. The third kappa shape index (κ3) is 3.89. The first-order chi connectivity index (χ1) is 14.5. The third-order valence-electron chi connectivity index (χ3n) is 5.44. The predicted octanol–water partition coefficient (Wildman–Crippen LogP) is 4.77. The minimum absolute atomic E-state index is 0.0277. The van der Waals surface area contributed by atoms with E-state index in [1.807, 2.05) is 31.2 Å². The first-order valence-corrected chi connectivity index (χ1v) is 9.83. The molecule has 4 rings (SSSR count). The number of hydrogen-bond acceptors (Lipinski definition) is 4. The maximum absolute atomic E-state index is 12.5. The molecule has 152 valence electrons. The van der Waals surface area contributed by atoms with Gasteiger partial charge >= 0.3 is 12.1 Å². The molecule has 0 spiro atoms. The molecule has 1 amide bonds. The summed E-state index contributed by atoms with van der Waals surface area (Å²) in [5.74, 6) is -0.584. The summed E-state index contributed by atoms with van der Waals surface area (Å²) >= 11 is 0. The lowest BCUT2D eigenvalue weighted by atomic mass is 9.98. The molecule has 2 aromatic carbocycles.